The summed E-state index contributed by atoms with van der Waals surface area (Å²) in [4.78, 5) is 7.10. The first kappa shape index (κ1) is 43.6. The molecule has 1 aromatic rings. The molecule has 0 aliphatic rings. The Morgan fingerprint density at radius 3 is 1.21 bits per heavy atom. The van der Waals surface area contributed by atoms with E-state index >= 15 is 0 Å². The van der Waals surface area contributed by atoms with Gasteiger partial charge >= 0.3 is 0 Å². The molecule has 0 aliphatic carbocycles. The van der Waals surface area contributed by atoms with E-state index in [-0.39, 0.29) is 124 Å². The van der Waals surface area contributed by atoms with Gasteiger partial charge in [-0.25, -0.2) is 0 Å². The molecule has 1 aromatic heterocycles. The maximum absolute atomic E-state index is 3.55. The second kappa shape index (κ2) is 44.5. The van der Waals surface area contributed by atoms with Gasteiger partial charge in [-0.2, -0.15) is 0 Å². The Kier molecular flexibility index (Phi) is 139. The molecule has 1 heterocycles. The smallest absolute Gasteiger partial charge is 0.0213 e. The first-order valence-corrected chi connectivity index (χ1v) is 2.63. The molecule has 0 bridgehead atoms. The molecule has 0 saturated heterocycles. The Morgan fingerprint density at radius 2 is 1.14 bits per heavy atom. The van der Waals surface area contributed by atoms with E-state index in [1.54, 1.807) is 18.5 Å². The monoisotopic (exact) mass is 949 g/mol. The standard InChI is InChI=1S/C4H3N2.C2H6.CH3.4W.Y/c1-2-5-4-6-3-1;1-2;;;;;;/h1-3H;1-2H3;1H3;;;;;/q-1;;-1;;;;;. The molecule has 0 aliphatic heterocycles. The number of aromatic nitrogens is 2. The minimum Gasteiger partial charge on any atom is -0.374 e. The van der Waals surface area contributed by atoms with E-state index in [0.717, 1.165) is 0 Å². The van der Waals surface area contributed by atoms with Gasteiger partial charge in [0, 0.05) is 123 Å². The van der Waals surface area contributed by atoms with E-state index in [0.29, 0.717) is 0 Å². The Balaban J connectivity index is -0.0000000117. The Bertz CT molecular complexity index is 95.6. The van der Waals surface area contributed by atoms with Gasteiger partial charge in [-0.05, 0) is 0 Å². The van der Waals surface area contributed by atoms with Crippen LogP contribution in [0.1, 0.15) is 13.8 Å². The van der Waals surface area contributed by atoms with Crippen LogP contribution in [0.25, 0.3) is 0 Å². The fourth-order valence-electron chi connectivity index (χ4n) is 0.225. The average Bonchev–Trinajstić information content (AvgIpc) is 1.96. The van der Waals surface area contributed by atoms with Crippen molar-refractivity contribution in [1.29, 1.82) is 0 Å². The van der Waals surface area contributed by atoms with Gasteiger partial charge in [-0.15, -0.1) is 6.07 Å². The fourth-order valence-corrected chi connectivity index (χ4v) is 0.225. The molecular weight excluding hydrogens is 936 g/mol. The van der Waals surface area contributed by atoms with Gasteiger partial charge in [0.05, 0.1) is 0 Å². The van der Waals surface area contributed by atoms with E-state index in [9.17, 15) is 0 Å². The van der Waals surface area contributed by atoms with Gasteiger partial charge in [-0.1, -0.05) is 26.2 Å². The predicted molar refractivity (Wildman–Crippen MR) is 38.6 cm³/mol. The molecule has 0 atom stereocenters. The van der Waals surface area contributed by atoms with Crippen molar-refractivity contribution in [3.05, 3.63) is 32.2 Å². The van der Waals surface area contributed by atoms with E-state index in [1.807, 2.05) is 13.8 Å². The van der Waals surface area contributed by atoms with Crippen molar-refractivity contribution < 1.29 is 117 Å². The summed E-state index contributed by atoms with van der Waals surface area (Å²) < 4.78 is 0. The van der Waals surface area contributed by atoms with Crippen LogP contribution in [0, 0.1) is 13.8 Å². The maximum Gasteiger partial charge on any atom is 0.0213 e. The Morgan fingerprint density at radius 1 is 0.857 bits per heavy atom. The second-order valence-electron chi connectivity index (χ2n) is 0.849. The summed E-state index contributed by atoms with van der Waals surface area (Å²) >= 11 is 0. The molecular formula is C7H12N2W4Y-2. The van der Waals surface area contributed by atoms with Gasteiger partial charge in [0.25, 0.3) is 0 Å². The summed E-state index contributed by atoms with van der Waals surface area (Å²) in [5.41, 5.74) is 0. The molecule has 0 spiro atoms. The van der Waals surface area contributed by atoms with E-state index in [2.05, 4.69) is 16.3 Å². The fraction of sp³-hybridized carbons (Fsp3) is 0.286. The van der Waals surface area contributed by atoms with Gasteiger partial charge in [0.2, 0.25) is 0 Å². The third-order valence-electron chi connectivity index (χ3n) is 0.437. The number of nitrogens with zero attached hydrogens (tertiary/aromatic N) is 2. The van der Waals surface area contributed by atoms with Crippen LogP contribution in [0.3, 0.4) is 0 Å². The molecule has 0 amide bonds. The van der Waals surface area contributed by atoms with Gasteiger partial charge < -0.3 is 17.4 Å². The normalized spacial score (nSPS) is 3.86. The molecule has 14 heavy (non-hydrogen) atoms. The van der Waals surface area contributed by atoms with E-state index in [4.69, 9.17) is 0 Å². The molecule has 1 rings (SSSR count). The van der Waals surface area contributed by atoms with Crippen LogP contribution < -0.4 is 0 Å². The van der Waals surface area contributed by atoms with E-state index < -0.39 is 0 Å². The largest absolute Gasteiger partial charge is 0.374 e. The topological polar surface area (TPSA) is 25.8 Å². The summed E-state index contributed by atoms with van der Waals surface area (Å²) in [5.74, 6) is 0. The quantitative estimate of drug-likeness (QED) is 0.372. The van der Waals surface area contributed by atoms with Gasteiger partial charge in [0.15, 0.2) is 0 Å². The maximum atomic E-state index is 3.55. The third-order valence-corrected chi connectivity index (χ3v) is 0.437. The molecule has 0 aromatic carbocycles. The predicted octanol–water partition coefficient (Wildman–Crippen LogP) is 1.74. The van der Waals surface area contributed by atoms with Crippen molar-refractivity contribution >= 4 is 0 Å². The average molecular weight is 948 g/mol. The van der Waals surface area contributed by atoms with Crippen LogP contribution in [0.4, 0.5) is 0 Å². The zero-order valence-corrected chi connectivity index (χ0v) is 22.9. The molecule has 7 heteroatoms. The molecule has 0 fully saturated rings. The minimum atomic E-state index is 0. The van der Waals surface area contributed by atoms with Crippen molar-refractivity contribution in [3.8, 4) is 0 Å². The number of hydrogen-bond acceptors (Lipinski definition) is 2. The Labute approximate surface area is 170 Å². The second-order valence-corrected chi connectivity index (χ2v) is 0.849. The molecule has 0 N–H and O–H groups in total. The van der Waals surface area contributed by atoms with Crippen molar-refractivity contribution in [3.63, 3.8) is 0 Å². The minimum absolute atomic E-state index is 0. The molecule has 1 radical (unpaired) electrons. The third kappa shape index (κ3) is 36.3. The van der Waals surface area contributed by atoms with Crippen LogP contribution >= 0.6 is 0 Å². The summed E-state index contributed by atoms with van der Waals surface area (Å²) in [5, 5.41) is 0. The molecule has 0 unspecified atom stereocenters. The molecule has 0 saturated carbocycles. The zero-order valence-electron chi connectivity index (χ0n) is 8.34. The summed E-state index contributed by atoms with van der Waals surface area (Å²) in [6.45, 7) is 4.00. The van der Waals surface area contributed by atoms with Crippen LogP contribution in [-0.2, 0) is 117 Å². The van der Waals surface area contributed by atoms with Crippen molar-refractivity contribution in [1.82, 2.24) is 9.97 Å². The van der Waals surface area contributed by atoms with E-state index in [1.165, 1.54) is 0 Å². The van der Waals surface area contributed by atoms with Gasteiger partial charge in [0.1, 0.15) is 0 Å². The Hall–Kier alpha value is 2.94. The summed E-state index contributed by atoms with van der Waals surface area (Å²) in [6.07, 6.45) is 5.66. The van der Waals surface area contributed by atoms with Crippen molar-refractivity contribution in [2.75, 3.05) is 0 Å². The number of rotatable bonds is 0. The molecule has 2 nitrogen and oxygen atoms in total. The van der Waals surface area contributed by atoms with Gasteiger partial charge in [-0.3, -0.25) is 0 Å². The zero-order chi connectivity index (χ0) is 6.24. The van der Waals surface area contributed by atoms with Crippen LogP contribution in [0.15, 0.2) is 18.5 Å². The van der Waals surface area contributed by atoms with Crippen LogP contribution in [0.2, 0.25) is 0 Å². The first-order chi connectivity index (χ1) is 4.00. The van der Waals surface area contributed by atoms with Crippen molar-refractivity contribution in [2.24, 2.45) is 0 Å². The number of hydrogen-bond donors (Lipinski definition) is 0. The first-order valence-electron chi connectivity index (χ1n) is 2.63. The summed E-state index contributed by atoms with van der Waals surface area (Å²) in [6, 6.07) is 1.75. The summed E-state index contributed by atoms with van der Waals surface area (Å²) in [7, 11) is 0. The van der Waals surface area contributed by atoms with Crippen LogP contribution in [0.5, 0.6) is 0 Å². The SMILES string of the molecule is CC.[CH3-].[W].[W].[W].[W].[Y].[c-]1ncccn1. The van der Waals surface area contributed by atoms with Crippen LogP contribution in [-0.4, -0.2) is 9.97 Å². The van der Waals surface area contributed by atoms with Crippen molar-refractivity contribution in [2.45, 2.75) is 13.8 Å². The molecule has 79 valence electrons.